The average Bonchev–Trinajstić information content (AvgIpc) is 2.94. The van der Waals surface area contributed by atoms with E-state index >= 15 is 0 Å². The highest BCUT2D eigenvalue weighted by Gasteiger charge is 2.18. The Kier molecular flexibility index (Phi) is 4.18. The summed E-state index contributed by atoms with van der Waals surface area (Å²) in [6, 6.07) is 0. The molecule has 0 saturated carbocycles. The summed E-state index contributed by atoms with van der Waals surface area (Å²) in [5, 5.41) is 7.98. The highest BCUT2D eigenvalue weighted by Crippen LogP contribution is 2.13. The number of aromatic nitrogens is 4. The van der Waals surface area contributed by atoms with Gasteiger partial charge in [-0.3, -0.25) is 14.2 Å². The molecule has 0 aliphatic rings. The van der Waals surface area contributed by atoms with Crippen LogP contribution in [0.2, 0.25) is 0 Å². The fourth-order valence-electron chi connectivity index (χ4n) is 1.95. The van der Waals surface area contributed by atoms with Crippen molar-refractivity contribution in [1.82, 2.24) is 24.3 Å². The SMILES string of the molecule is Cc1nn(C)c(C)c1/C=C\C(=O)NS(=O)(=O)c1cnn(C)c1. The quantitative estimate of drug-likeness (QED) is 0.815. The summed E-state index contributed by atoms with van der Waals surface area (Å²) < 4.78 is 28.9. The van der Waals surface area contributed by atoms with Crippen molar-refractivity contribution in [1.29, 1.82) is 0 Å². The maximum absolute atomic E-state index is 12.0. The number of amides is 1. The molecule has 2 aromatic heterocycles. The van der Waals surface area contributed by atoms with Gasteiger partial charge in [-0.15, -0.1) is 0 Å². The van der Waals surface area contributed by atoms with E-state index in [4.69, 9.17) is 0 Å². The van der Waals surface area contributed by atoms with Crippen LogP contribution in [-0.4, -0.2) is 33.9 Å². The molecule has 9 heteroatoms. The molecular formula is C13H17N5O3S. The van der Waals surface area contributed by atoms with Crippen LogP contribution in [0.4, 0.5) is 0 Å². The largest absolute Gasteiger partial charge is 0.274 e. The van der Waals surface area contributed by atoms with Gasteiger partial charge in [0, 0.05) is 37.6 Å². The first-order valence-electron chi connectivity index (χ1n) is 6.44. The lowest BCUT2D eigenvalue weighted by atomic mass is 10.2. The Labute approximate surface area is 128 Å². The Hall–Kier alpha value is -2.42. The third kappa shape index (κ3) is 3.25. The summed E-state index contributed by atoms with van der Waals surface area (Å²) in [6.07, 6.45) is 5.21. The van der Waals surface area contributed by atoms with Gasteiger partial charge in [0.2, 0.25) is 0 Å². The first-order chi connectivity index (χ1) is 10.2. The van der Waals surface area contributed by atoms with Crippen molar-refractivity contribution < 1.29 is 13.2 Å². The number of nitrogens with zero attached hydrogens (tertiary/aromatic N) is 4. The minimum atomic E-state index is -3.91. The summed E-state index contributed by atoms with van der Waals surface area (Å²) in [6.45, 7) is 3.68. The third-order valence-corrected chi connectivity index (χ3v) is 4.49. The number of aryl methyl sites for hydroxylation is 3. The number of carbonyl (C=O) groups excluding carboxylic acids is 1. The van der Waals surface area contributed by atoms with Crippen LogP contribution < -0.4 is 4.72 Å². The molecular weight excluding hydrogens is 306 g/mol. The molecule has 0 spiro atoms. The maximum atomic E-state index is 12.0. The molecule has 8 nitrogen and oxygen atoms in total. The molecule has 0 unspecified atom stereocenters. The Morgan fingerprint density at radius 1 is 1.32 bits per heavy atom. The lowest BCUT2D eigenvalue weighted by Crippen LogP contribution is -2.28. The van der Waals surface area contributed by atoms with Gasteiger partial charge >= 0.3 is 0 Å². The molecule has 22 heavy (non-hydrogen) atoms. The van der Waals surface area contributed by atoms with E-state index in [2.05, 4.69) is 10.2 Å². The van der Waals surface area contributed by atoms with Crippen molar-refractivity contribution in [2.24, 2.45) is 14.1 Å². The number of hydrogen-bond acceptors (Lipinski definition) is 5. The van der Waals surface area contributed by atoms with E-state index in [1.54, 1.807) is 24.9 Å². The summed E-state index contributed by atoms with van der Waals surface area (Å²) in [5.41, 5.74) is 2.44. The molecule has 2 rings (SSSR count). The number of nitrogens with one attached hydrogen (secondary N) is 1. The van der Waals surface area contributed by atoms with Crippen LogP contribution in [0.1, 0.15) is 17.0 Å². The molecule has 2 aromatic rings. The van der Waals surface area contributed by atoms with Crippen LogP contribution in [0.25, 0.3) is 6.08 Å². The van der Waals surface area contributed by atoms with Crippen LogP contribution in [-0.2, 0) is 28.9 Å². The van der Waals surface area contributed by atoms with E-state index in [1.165, 1.54) is 23.2 Å². The zero-order valence-electron chi connectivity index (χ0n) is 12.7. The zero-order chi connectivity index (χ0) is 16.5. The van der Waals surface area contributed by atoms with Crippen molar-refractivity contribution in [2.75, 3.05) is 0 Å². The molecule has 1 amide bonds. The lowest BCUT2D eigenvalue weighted by Gasteiger charge is -2.01. The van der Waals surface area contributed by atoms with Gasteiger partial charge in [0.25, 0.3) is 15.9 Å². The average molecular weight is 323 g/mol. The van der Waals surface area contributed by atoms with Crippen molar-refractivity contribution in [3.8, 4) is 0 Å². The summed E-state index contributed by atoms with van der Waals surface area (Å²) in [5.74, 6) is -0.730. The Morgan fingerprint density at radius 3 is 2.50 bits per heavy atom. The van der Waals surface area contributed by atoms with Gasteiger partial charge in [-0.2, -0.15) is 10.2 Å². The second-order valence-electron chi connectivity index (χ2n) is 4.86. The summed E-state index contributed by atoms with van der Waals surface area (Å²) in [7, 11) is -0.523. The van der Waals surface area contributed by atoms with Crippen molar-refractivity contribution >= 4 is 22.0 Å². The van der Waals surface area contributed by atoms with E-state index in [1.807, 2.05) is 18.6 Å². The molecule has 2 heterocycles. The monoisotopic (exact) mass is 323 g/mol. The minimum absolute atomic E-state index is 0.0644. The van der Waals surface area contributed by atoms with E-state index in [0.29, 0.717) is 0 Å². The van der Waals surface area contributed by atoms with Crippen molar-refractivity contribution in [3.63, 3.8) is 0 Å². The first kappa shape index (κ1) is 16.0. The van der Waals surface area contributed by atoms with Gasteiger partial charge in [-0.1, -0.05) is 0 Å². The fraction of sp³-hybridized carbons (Fsp3) is 0.308. The molecule has 0 atom stereocenters. The molecule has 1 N–H and O–H groups in total. The molecule has 0 aliphatic heterocycles. The number of hydrogen-bond donors (Lipinski definition) is 1. The summed E-state index contributed by atoms with van der Waals surface area (Å²) in [4.78, 5) is 11.7. The second kappa shape index (κ2) is 5.76. The second-order valence-corrected chi connectivity index (χ2v) is 6.54. The molecule has 0 aliphatic carbocycles. The van der Waals surface area contributed by atoms with Crippen molar-refractivity contribution in [3.05, 3.63) is 35.4 Å². The van der Waals surface area contributed by atoms with Crippen LogP contribution in [0, 0.1) is 13.8 Å². The van der Waals surface area contributed by atoms with Crippen LogP contribution in [0.3, 0.4) is 0 Å². The molecule has 0 fully saturated rings. The van der Waals surface area contributed by atoms with Crippen LogP contribution in [0.15, 0.2) is 23.4 Å². The minimum Gasteiger partial charge on any atom is -0.274 e. The van der Waals surface area contributed by atoms with Gasteiger partial charge < -0.3 is 0 Å². The van der Waals surface area contributed by atoms with E-state index < -0.39 is 15.9 Å². The highest BCUT2D eigenvalue weighted by atomic mass is 32.2. The smallest absolute Gasteiger partial charge is 0.267 e. The molecule has 0 bridgehead atoms. The highest BCUT2D eigenvalue weighted by molar-refractivity contribution is 7.90. The topological polar surface area (TPSA) is 98.9 Å². The number of sulfonamides is 1. The van der Waals surface area contributed by atoms with Crippen LogP contribution >= 0.6 is 0 Å². The van der Waals surface area contributed by atoms with Gasteiger partial charge in [-0.05, 0) is 19.9 Å². The Bertz CT molecular complexity index is 845. The first-order valence-corrected chi connectivity index (χ1v) is 7.92. The Morgan fingerprint density at radius 2 is 2.00 bits per heavy atom. The molecule has 118 valence electrons. The van der Waals surface area contributed by atoms with Gasteiger partial charge in [0.15, 0.2) is 0 Å². The van der Waals surface area contributed by atoms with E-state index in [9.17, 15) is 13.2 Å². The van der Waals surface area contributed by atoms with Crippen LogP contribution in [0.5, 0.6) is 0 Å². The predicted molar refractivity (Wildman–Crippen MR) is 80.3 cm³/mol. The normalized spacial score (nSPS) is 12.0. The Balaban J connectivity index is 2.15. The maximum Gasteiger partial charge on any atom is 0.267 e. The standard InChI is InChI=1S/C13H17N5O3S/c1-9-12(10(2)18(4)15-9)5-6-13(19)16-22(20,21)11-7-14-17(3)8-11/h5-8H,1-4H3,(H,16,19)/b6-5-. The number of rotatable bonds is 4. The van der Waals surface area contributed by atoms with Gasteiger partial charge in [0.05, 0.1) is 11.9 Å². The van der Waals surface area contributed by atoms with Gasteiger partial charge in [0.1, 0.15) is 4.90 Å². The zero-order valence-corrected chi connectivity index (χ0v) is 13.5. The fourth-order valence-corrected chi connectivity index (χ4v) is 2.88. The molecule has 0 aromatic carbocycles. The van der Waals surface area contributed by atoms with E-state index in [0.717, 1.165) is 17.0 Å². The predicted octanol–water partition coefficient (Wildman–Crippen LogP) is 0.289. The van der Waals surface area contributed by atoms with Gasteiger partial charge in [-0.25, -0.2) is 13.1 Å². The van der Waals surface area contributed by atoms with Crippen molar-refractivity contribution in [2.45, 2.75) is 18.7 Å². The van der Waals surface area contributed by atoms with E-state index in [-0.39, 0.29) is 4.90 Å². The third-order valence-electron chi connectivity index (χ3n) is 3.19. The number of carbonyl (C=O) groups is 1. The molecule has 0 saturated heterocycles. The summed E-state index contributed by atoms with van der Waals surface area (Å²) >= 11 is 0. The molecule has 0 radical (unpaired) electrons. The lowest BCUT2D eigenvalue weighted by molar-refractivity contribution is -0.114.